The van der Waals surface area contributed by atoms with Crippen LogP contribution < -0.4 is 10.5 Å². The summed E-state index contributed by atoms with van der Waals surface area (Å²) < 4.78 is 52.8. The van der Waals surface area contributed by atoms with Crippen molar-refractivity contribution in [2.75, 3.05) is 4.72 Å². The second kappa shape index (κ2) is 5.49. The van der Waals surface area contributed by atoms with Crippen LogP contribution in [0.15, 0.2) is 47.4 Å². The molecule has 0 saturated heterocycles. The molecule has 0 aromatic heterocycles. The zero-order chi connectivity index (χ0) is 15.6. The van der Waals surface area contributed by atoms with Gasteiger partial charge in [0.2, 0.25) is 0 Å². The lowest BCUT2D eigenvalue weighted by Gasteiger charge is -2.12. The Morgan fingerprint density at radius 1 is 1.10 bits per heavy atom. The van der Waals surface area contributed by atoms with Crippen LogP contribution in [0.4, 0.5) is 14.5 Å². The van der Waals surface area contributed by atoms with Crippen LogP contribution in [0.2, 0.25) is 0 Å². The number of halogens is 2. The van der Waals surface area contributed by atoms with Gasteiger partial charge in [-0.3, -0.25) is 10.1 Å². The lowest BCUT2D eigenvalue weighted by atomic mass is 10.1. The number of nitrogens with one attached hydrogen (secondary N) is 2. The van der Waals surface area contributed by atoms with E-state index < -0.39 is 27.5 Å². The summed E-state index contributed by atoms with van der Waals surface area (Å²) in [5.74, 6) is -2.00. The molecule has 0 amide bonds. The standard InChI is InChI=1S/C13H11F2N3O2S/c14-8-4-6-9(7-5-8)21(19,20)18-11-3-1-2-10(15)12(11)13(16)17/h1-7,18H,(H3,16,17). The molecule has 0 aliphatic carbocycles. The van der Waals surface area contributed by atoms with Gasteiger partial charge in [0.25, 0.3) is 10.0 Å². The fourth-order valence-corrected chi connectivity index (χ4v) is 2.77. The van der Waals surface area contributed by atoms with Crippen LogP contribution in [0.3, 0.4) is 0 Å². The molecule has 0 unspecified atom stereocenters. The number of benzene rings is 2. The molecule has 4 N–H and O–H groups in total. The molecular formula is C13H11F2N3O2S. The molecule has 0 spiro atoms. The summed E-state index contributed by atoms with van der Waals surface area (Å²) in [6.07, 6.45) is 0. The van der Waals surface area contributed by atoms with Gasteiger partial charge in [0.1, 0.15) is 17.5 Å². The van der Waals surface area contributed by atoms with Crippen LogP contribution in [-0.4, -0.2) is 14.3 Å². The molecule has 0 aliphatic rings. The molecule has 2 rings (SSSR count). The molecule has 0 radical (unpaired) electrons. The number of hydrogen-bond acceptors (Lipinski definition) is 3. The molecule has 0 heterocycles. The smallest absolute Gasteiger partial charge is 0.261 e. The first kappa shape index (κ1) is 14.9. The summed E-state index contributed by atoms with van der Waals surface area (Å²) in [7, 11) is -4.04. The molecule has 5 nitrogen and oxygen atoms in total. The van der Waals surface area contributed by atoms with E-state index in [0.717, 1.165) is 30.3 Å². The number of amidine groups is 1. The van der Waals surface area contributed by atoms with Gasteiger partial charge in [0, 0.05) is 0 Å². The van der Waals surface area contributed by atoms with E-state index in [0.29, 0.717) is 0 Å². The molecular weight excluding hydrogens is 300 g/mol. The zero-order valence-electron chi connectivity index (χ0n) is 10.6. The van der Waals surface area contributed by atoms with E-state index in [-0.39, 0.29) is 16.1 Å². The van der Waals surface area contributed by atoms with Gasteiger partial charge in [0.05, 0.1) is 16.1 Å². The average molecular weight is 311 g/mol. The van der Waals surface area contributed by atoms with Gasteiger partial charge in [-0.2, -0.15) is 0 Å². The number of nitrogens with two attached hydrogens (primary N) is 1. The summed E-state index contributed by atoms with van der Waals surface area (Å²) in [4.78, 5) is -0.192. The summed E-state index contributed by atoms with van der Waals surface area (Å²) in [5.41, 5.74) is 4.75. The van der Waals surface area contributed by atoms with E-state index >= 15 is 0 Å². The van der Waals surface area contributed by atoms with E-state index in [9.17, 15) is 17.2 Å². The maximum absolute atomic E-state index is 13.6. The SMILES string of the molecule is N=C(N)c1c(F)cccc1NS(=O)(=O)c1ccc(F)cc1. The second-order valence-electron chi connectivity index (χ2n) is 4.14. The molecule has 0 saturated carbocycles. The number of sulfonamides is 1. The fraction of sp³-hybridized carbons (Fsp3) is 0. The van der Waals surface area contributed by atoms with Gasteiger partial charge >= 0.3 is 0 Å². The van der Waals surface area contributed by atoms with E-state index in [4.69, 9.17) is 11.1 Å². The van der Waals surface area contributed by atoms with Crippen molar-refractivity contribution in [3.63, 3.8) is 0 Å². The molecule has 8 heteroatoms. The third kappa shape index (κ3) is 3.16. The van der Waals surface area contributed by atoms with Crippen molar-refractivity contribution in [1.29, 1.82) is 5.41 Å². The molecule has 2 aromatic rings. The largest absolute Gasteiger partial charge is 0.384 e. The van der Waals surface area contributed by atoms with Crippen LogP contribution in [0, 0.1) is 17.0 Å². The number of hydrogen-bond donors (Lipinski definition) is 3. The van der Waals surface area contributed by atoms with Crippen LogP contribution in [0.5, 0.6) is 0 Å². The minimum Gasteiger partial charge on any atom is -0.384 e. The first-order chi connectivity index (χ1) is 9.81. The quantitative estimate of drug-likeness (QED) is 0.595. The van der Waals surface area contributed by atoms with Crippen molar-refractivity contribution >= 4 is 21.5 Å². The van der Waals surface area contributed by atoms with Crippen LogP contribution in [-0.2, 0) is 10.0 Å². The van der Waals surface area contributed by atoms with Gasteiger partial charge in [-0.1, -0.05) is 6.07 Å². The minimum atomic E-state index is -4.04. The summed E-state index contributed by atoms with van der Waals surface area (Å²) in [5, 5.41) is 7.31. The molecule has 0 atom stereocenters. The Balaban J connectivity index is 2.44. The second-order valence-corrected chi connectivity index (χ2v) is 5.82. The fourth-order valence-electron chi connectivity index (χ4n) is 1.70. The third-order valence-electron chi connectivity index (χ3n) is 2.65. The van der Waals surface area contributed by atoms with E-state index in [1.165, 1.54) is 12.1 Å². The van der Waals surface area contributed by atoms with Crippen molar-refractivity contribution in [3.05, 3.63) is 59.7 Å². The maximum atomic E-state index is 13.6. The van der Waals surface area contributed by atoms with Crippen LogP contribution in [0.25, 0.3) is 0 Å². The predicted octanol–water partition coefficient (Wildman–Crippen LogP) is 2.05. The highest BCUT2D eigenvalue weighted by atomic mass is 32.2. The highest BCUT2D eigenvalue weighted by Gasteiger charge is 2.19. The van der Waals surface area contributed by atoms with Crippen molar-refractivity contribution < 1.29 is 17.2 Å². The van der Waals surface area contributed by atoms with Crippen LogP contribution in [0.1, 0.15) is 5.56 Å². The highest BCUT2D eigenvalue weighted by molar-refractivity contribution is 7.92. The molecule has 0 bridgehead atoms. The third-order valence-corrected chi connectivity index (χ3v) is 4.03. The van der Waals surface area contributed by atoms with Gasteiger partial charge in [-0.25, -0.2) is 17.2 Å². The summed E-state index contributed by atoms with van der Waals surface area (Å²) >= 11 is 0. The van der Waals surface area contributed by atoms with E-state index in [1.807, 2.05) is 0 Å². The zero-order valence-corrected chi connectivity index (χ0v) is 11.4. The Hall–Kier alpha value is -2.48. The Morgan fingerprint density at radius 2 is 1.71 bits per heavy atom. The molecule has 110 valence electrons. The topological polar surface area (TPSA) is 96.0 Å². The maximum Gasteiger partial charge on any atom is 0.261 e. The van der Waals surface area contributed by atoms with Crippen molar-refractivity contribution in [2.45, 2.75) is 4.90 Å². The van der Waals surface area contributed by atoms with Gasteiger partial charge in [-0.15, -0.1) is 0 Å². The Labute approximate surface area is 120 Å². The Morgan fingerprint density at radius 3 is 2.29 bits per heavy atom. The van der Waals surface area contributed by atoms with Crippen molar-refractivity contribution in [1.82, 2.24) is 0 Å². The normalized spacial score (nSPS) is 11.1. The molecule has 0 aliphatic heterocycles. The average Bonchev–Trinajstić information content (AvgIpc) is 2.38. The lowest BCUT2D eigenvalue weighted by Crippen LogP contribution is -2.20. The highest BCUT2D eigenvalue weighted by Crippen LogP contribution is 2.22. The summed E-state index contributed by atoms with van der Waals surface area (Å²) in [6, 6.07) is 7.75. The van der Waals surface area contributed by atoms with E-state index in [1.54, 1.807) is 0 Å². The van der Waals surface area contributed by atoms with Gasteiger partial charge < -0.3 is 5.73 Å². The van der Waals surface area contributed by atoms with E-state index in [2.05, 4.69) is 4.72 Å². The molecule has 2 aromatic carbocycles. The van der Waals surface area contributed by atoms with Crippen LogP contribution >= 0.6 is 0 Å². The minimum absolute atomic E-state index is 0.160. The van der Waals surface area contributed by atoms with Gasteiger partial charge in [0.15, 0.2) is 0 Å². The van der Waals surface area contributed by atoms with Gasteiger partial charge in [-0.05, 0) is 36.4 Å². The van der Waals surface area contributed by atoms with Crippen molar-refractivity contribution in [3.8, 4) is 0 Å². The molecule has 21 heavy (non-hydrogen) atoms. The monoisotopic (exact) mass is 311 g/mol. The Kier molecular flexibility index (Phi) is 3.90. The summed E-state index contributed by atoms with van der Waals surface area (Å²) in [6.45, 7) is 0. The first-order valence-electron chi connectivity index (χ1n) is 5.72. The predicted molar refractivity (Wildman–Crippen MR) is 74.6 cm³/mol. The van der Waals surface area contributed by atoms with Crippen molar-refractivity contribution in [2.24, 2.45) is 5.73 Å². The molecule has 0 fully saturated rings. The number of anilines is 1. The Bertz CT molecular complexity index is 790. The number of rotatable bonds is 4. The lowest BCUT2D eigenvalue weighted by molar-refractivity contribution is 0.599. The first-order valence-corrected chi connectivity index (χ1v) is 7.21. The number of nitrogen functional groups attached to an aromatic ring is 1.